The van der Waals surface area contributed by atoms with E-state index in [0.29, 0.717) is 24.3 Å². The summed E-state index contributed by atoms with van der Waals surface area (Å²) in [5.41, 5.74) is 0.604. The van der Waals surface area contributed by atoms with Crippen molar-refractivity contribution in [2.24, 2.45) is 0 Å². The Labute approximate surface area is 152 Å². The number of nitrogens with zero attached hydrogens (tertiary/aromatic N) is 3. The number of hydrogen-bond acceptors (Lipinski definition) is 5. The number of carbonyl (C=O) groups is 2. The maximum Gasteiger partial charge on any atom is 0.326 e. The summed E-state index contributed by atoms with van der Waals surface area (Å²) in [4.78, 5) is 41.9. The van der Waals surface area contributed by atoms with Gasteiger partial charge in [-0.15, -0.1) is 0 Å². The standard InChI is InChI=1S/C17H18BrN3O4/c18-12-5-6-14-19-13(8-16(23)21(14)9-12)11-25-17(24)10-20-7-3-1-2-4-15(20)22/h5-6,8-9H,1-4,7,10-11H2. The monoisotopic (exact) mass is 407 g/mol. The van der Waals surface area contributed by atoms with Crippen molar-refractivity contribution in [2.45, 2.75) is 32.3 Å². The third-order valence-electron chi connectivity index (χ3n) is 4.05. The maximum atomic E-state index is 12.1. The molecule has 1 amide bonds. The molecule has 0 saturated carbocycles. The van der Waals surface area contributed by atoms with Crippen molar-refractivity contribution < 1.29 is 14.3 Å². The molecule has 8 heteroatoms. The Morgan fingerprint density at radius 3 is 2.92 bits per heavy atom. The molecule has 1 saturated heterocycles. The van der Waals surface area contributed by atoms with Crippen molar-refractivity contribution in [1.82, 2.24) is 14.3 Å². The van der Waals surface area contributed by atoms with Crippen LogP contribution >= 0.6 is 15.9 Å². The average molecular weight is 408 g/mol. The van der Waals surface area contributed by atoms with Gasteiger partial charge in [-0.2, -0.15) is 0 Å². The summed E-state index contributed by atoms with van der Waals surface area (Å²) in [7, 11) is 0. The zero-order valence-corrected chi connectivity index (χ0v) is 15.2. The summed E-state index contributed by atoms with van der Waals surface area (Å²) in [5, 5.41) is 0. The Bertz CT molecular complexity index is 865. The van der Waals surface area contributed by atoms with Gasteiger partial charge in [-0.25, -0.2) is 4.98 Å². The predicted molar refractivity (Wildman–Crippen MR) is 94.0 cm³/mol. The molecule has 0 unspecified atom stereocenters. The van der Waals surface area contributed by atoms with Crippen molar-refractivity contribution in [2.75, 3.05) is 13.1 Å². The van der Waals surface area contributed by atoms with Gasteiger partial charge in [0.05, 0.1) is 5.69 Å². The molecule has 25 heavy (non-hydrogen) atoms. The van der Waals surface area contributed by atoms with Crippen LogP contribution in [0, 0.1) is 0 Å². The van der Waals surface area contributed by atoms with Gasteiger partial charge < -0.3 is 9.64 Å². The third-order valence-corrected chi connectivity index (χ3v) is 4.52. The van der Waals surface area contributed by atoms with Crippen molar-refractivity contribution in [3.05, 3.63) is 44.9 Å². The van der Waals surface area contributed by atoms with E-state index in [4.69, 9.17) is 4.74 Å². The highest BCUT2D eigenvalue weighted by Gasteiger charge is 2.20. The zero-order valence-electron chi connectivity index (χ0n) is 13.6. The van der Waals surface area contributed by atoms with E-state index in [1.54, 1.807) is 18.3 Å². The number of likely N-dealkylation sites (tertiary alicyclic amines) is 1. The molecule has 0 aliphatic carbocycles. The van der Waals surface area contributed by atoms with Crippen LogP contribution in [0.1, 0.15) is 31.4 Å². The predicted octanol–water partition coefficient (Wildman–Crippen LogP) is 1.90. The highest BCUT2D eigenvalue weighted by molar-refractivity contribution is 9.10. The first-order valence-corrected chi connectivity index (χ1v) is 8.93. The van der Waals surface area contributed by atoms with Crippen LogP contribution < -0.4 is 5.56 Å². The average Bonchev–Trinajstić information content (AvgIpc) is 2.78. The van der Waals surface area contributed by atoms with Crippen molar-refractivity contribution in [3.63, 3.8) is 0 Å². The fraction of sp³-hybridized carbons (Fsp3) is 0.412. The summed E-state index contributed by atoms with van der Waals surface area (Å²) < 4.78 is 7.37. The molecule has 0 spiro atoms. The van der Waals surface area contributed by atoms with E-state index >= 15 is 0 Å². The Morgan fingerprint density at radius 2 is 2.08 bits per heavy atom. The lowest BCUT2D eigenvalue weighted by atomic mass is 10.2. The number of amides is 1. The SMILES string of the molecule is O=C(CN1CCCCCC1=O)OCc1cc(=O)n2cc(Br)ccc2n1. The number of pyridine rings is 1. The maximum absolute atomic E-state index is 12.1. The molecular weight excluding hydrogens is 390 g/mol. The first-order valence-electron chi connectivity index (χ1n) is 8.14. The second-order valence-corrected chi connectivity index (χ2v) is 6.86. The van der Waals surface area contributed by atoms with Crippen LogP contribution in [0.3, 0.4) is 0 Å². The number of rotatable bonds is 4. The molecule has 1 fully saturated rings. The highest BCUT2D eigenvalue weighted by atomic mass is 79.9. The molecule has 0 N–H and O–H groups in total. The first-order chi connectivity index (χ1) is 12.0. The molecule has 3 rings (SSSR count). The van der Waals surface area contributed by atoms with Crippen molar-refractivity contribution in [3.8, 4) is 0 Å². The Morgan fingerprint density at radius 1 is 1.24 bits per heavy atom. The Kier molecular flexibility index (Phi) is 5.47. The fourth-order valence-corrected chi connectivity index (χ4v) is 3.10. The minimum atomic E-state index is -0.493. The van der Waals surface area contributed by atoms with E-state index in [0.717, 1.165) is 23.7 Å². The molecule has 0 bridgehead atoms. The summed E-state index contributed by atoms with van der Waals surface area (Å²) in [6.07, 6.45) is 4.87. The second-order valence-electron chi connectivity index (χ2n) is 5.95. The fourth-order valence-electron chi connectivity index (χ4n) is 2.76. The lowest BCUT2D eigenvalue weighted by Gasteiger charge is -2.19. The van der Waals surface area contributed by atoms with E-state index in [2.05, 4.69) is 20.9 Å². The molecule has 0 atom stereocenters. The lowest BCUT2D eigenvalue weighted by molar-refractivity contribution is -0.150. The summed E-state index contributed by atoms with van der Waals surface area (Å²) in [6.45, 7) is 0.430. The van der Waals surface area contributed by atoms with Crippen LogP contribution in [0.15, 0.2) is 33.7 Å². The van der Waals surface area contributed by atoms with Gasteiger partial charge in [-0.3, -0.25) is 18.8 Å². The van der Waals surface area contributed by atoms with Gasteiger partial charge in [0.15, 0.2) is 0 Å². The molecule has 132 valence electrons. The van der Waals surface area contributed by atoms with E-state index in [9.17, 15) is 14.4 Å². The topological polar surface area (TPSA) is 81.0 Å². The van der Waals surface area contributed by atoms with Gasteiger partial charge in [0.1, 0.15) is 18.8 Å². The van der Waals surface area contributed by atoms with Crippen molar-refractivity contribution in [1.29, 1.82) is 0 Å². The van der Waals surface area contributed by atoms with Gasteiger partial charge in [-0.05, 0) is 40.9 Å². The smallest absolute Gasteiger partial charge is 0.326 e. The van der Waals surface area contributed by atoms with Crippen LogP contribution in [0.25, 0.3) is 5.65 Å². The first kappa shape index (κ1) is 17.6. The largest absolute Gasteiger partial charge is 0.458 e. The van der Waals surface area contributed by atoms with E-state index in [-0.39, 0.29) is 24.6 Å². The molecule has 2 aromatic heterocycles. The number of aromatic nitrogens is 2. The van der Waals surface area contributed by atoms with Gasteiger partial charge in [0.2, 0.25) is 5.91 Å². The van der Waals surface area contributed by atoms with Gasteiger partial charge in [0.25, 0.3) is 5.56 Å². The van der Waals surface area contributed by atoms with Crippen molar-refractivity contribution >= 4 is 33.5 Å². The minimum Gasteiger partial charge on any atom is -0.458 e. The van der Waals surface area contributed by atoms with E-state index in [1.807, 2.05) is 0 Å². The number of ether oxygens (including phenoxy) is 1. The molecule has 2 aromatic rings. The Hall–Kier alpha value is -2.22. The number of fused-ring (bicyclic) bond motifs is 1. The summed E-state index contributed by atoms with van der Waals surface area (Å²) in [6, 6.07) is 4.82. The van der Waals surface area contributed by atoms with Gasteiger partial charge in [0, 0.05) is 29.7 Å². The number of carbonyl (C=O) groups excluding carboxylic acids is 2. The molecule has 0 aromatic carbocycles. The van der Waals surface area contributed by atoms with Crippen LogP contribution in [0.5, 0.6) is 0 Å². The Balaban J connectivity index is 1.64. The summed E-state index contributed by atoms with van der Waals surface area (Å²) >= 11 is 3.30. The summed E-state index contributed by atoms with van der Waals surface area (Å²) in [5.74, 6) is -0.504. The number of halogens is 1. The van der Waals surface area contributed by atoms with E-state index < -0.39 is 5.97 Å². The lowest BCUT2D eigenvalue weighted by Crippen LogP contribution is -2.36. The number of hydrogen-bond donors (Lipinski definition) is 0. The quantitative estimate of drug-likeness (QED) is 0.722. The van der Waals surface area contributed by atoms with Crippen LogP contribution in [-0.4, -0.2) is 39.3 Å². The zero-order chi connectivity index (χ0) is 17.8. The number of esters is 1. The van der Waals surface area contributed by atoms with Gasteiger partial charge >= 0.3 is 5.97 Å². The minimum absolute atomic E-state index is 0.0119. The van der Waals surface area contributed by atoms with E-state index in [1.165, 1.54) is 15.4 Å². The molecule has 0 radical (unpaired) electrons. The van der Waals surface area contributed by atoms with Crippen LogP contribution in [-0.2, 0) is 20.9 Å². The van der Waals surface area contributed by atoms with Gasteiger partial charge in [-0.1, -0.05) is 6.42 Å². The molecule has 7 nitrogen and oxygen atoms in total. The molecule has 3 heterocycles. The van der Waals surface area contributed by atoms with Crippen LogP contribution in [0.4, 0.5) is 0 Å². The molecule has 1 aliphatic rings. The second kappa shape index (κ2) is 7.77. The molecule has 1 aliphatic heterocycles. The van der Waals surface area contributed by atoms with Crippen LogP contribution in [0.2, 0.25) is 0 Å². The normalized spacial score (nSPS) is 15.2. The molecular formula is C17H18BrN3O4. The third kappa shape index (κ3) is 4.45. The highest BCUT2D eigenvalue weighted by Crippen LogP contribution is 2.12.